The highest BCUT2D eigenvalue weighted by Gasteiger charge is 2.05. The lowest BCUT2D eigenvalue weighted by Crippen LogP contribution is -2.00. The topological polar surface area (TPSA) is 0 Å². The monoisotopic (exact) mass is 246 g/mol. The lowest BCUT2D eigenvalue weighted by Gasteiger charge is -2.13. The fourth-order valence-corrected chi connectivity index (χ4v) is 2.49. The van der Waals surface area contributed by atoms with Gasteiger partial charge in [-0.15, -0.1) is 0 Å². The molecule has 0 unspecified atom stereocenters. The lowest BCUT2D eigenvalue weighted by atomic mass is 9.92. The average Bonchev–Trinajstić information content (AvgIpc) is 2.30. The van der Waals surface area contributed by atoms with Crippen molar-refractivity contribution in [3.05, 3.63) is 34.9 Å². The van der Waals surface area contributed by atoms with E-state index >= 15 is 0 Å². The van der Waals surface area contributed by atoms with Gasteiger partial charge in [0.2, 0.25) is 0 Å². The summed E-state index contributed by atoms with van der Waals surface area (Å²) >= 11 is 0. The summed E-state index contributed by atoms with van der Waals surface area (Å²) in [4.78, 5) is 0. The highest BCUT2D eigenvalue weighted by atomic mass is 14.1. The van der Waals surface area contributed by atoms with E-state index in [1.54, 1.807) is 5.56 Å². The van der Waals surface area contributed by atoms with Crippen molar-refractivity contribution in [3.8, 4) is 0 Å². The second kappa shape index (κ2) is 7.61. The second-order valence-corrected chi connectivity index (χ2v) is 6.40. The maximum absolute atomic E-state index is 2.41. The molecule has 1 rings (SSSR count). The fourth-order valence-electron chi connectivity index (χ4n) is 2.49. The van der Waals surface area contributed by atoms with Crippen molar-refractivity contribution in [2.24, 2.45) is 11.8 Å². The van der Waals surface area contributed by atoms with E-state index in [9.17, 15) is 0 Å². The van der Waals surface area contributed by atoms with Gasteiger partial charge in [-0.2, -0.15) is 0 Å². The third-order valence-corrected chi connectivity index (χ3v) is 3.89. The summed E-state index contributed by atoms with van der Waals surface area (Å²) in [5, 5.41) is 0. The molecule has 0 amide bonds. The van der Waals surface area contributed by atoms with Gasteiger partial charge < -0.3 is 0 Å². The number of hydrogen-bond acceptors (Lipinski definition) is 0. The van der Waals surface area contributed by atoms with Gasteiger partial charge in [0.25, 0.3) is 0 Å². The van der Waals surface area contributed by atoms with Crippen LogP contribution < -0.4 is 0 Å². The minimum Gasteiger partial charge on any atom is -0.0628 e. The molecular weight excluding hydrogens is 216 g/mol. The molecule has 0 saturated carbocycles. The summed E-state index contributed by atoms with van der Waals surface area (Å²) in [5.41, 5.74) is 4.39. The Bertz CT molecular complexity index is 349. The summed E-state index contributed by atoms with van der Waals surface area (Å²) in [7, 11) is 0. The average molecular weight is 246 g/mol. The number of hydrogen-bond donors (Lipinski definition) is 0. The molecule has 18 heavy (non-hydrogen) atoms. The highest BCUT2D eigenvalue weighted by Crippen LogP contribution is 2.19. The van der Waals surface area contributed by atoms with E-state index < -0.39 is 0 Å². The molecule has 1 aromatic carbocycles. The Morgan fingerprint density at radius 2 is 1.67 bits per heavy atom. The predicted molar refractivity (Wildman–Crippen MR) is 82.1 cm³/mol. The van der Waals surface area contributed by atoms with E-state index in [0.29, 0.717) is 0 Å². The number of rotatable bonds is 7. The lowest BCUT2D eigenvalue weighted by molar-refractivity contribution is 0.436. The summed E-state index contributed by atoms with van der Waals surface area (Å²) in [5.74, 6) is 1.72. The van der Waals surface area contributed by atoms with Crippen LogP contribution in [0.5, 0.6) is 0 Å². The molecule has 0 aliphatic heterocycles. The maximum Gasteiger partial charge on any atom is -0.0274 e. The van der Waals surface area contributed by atoms with Gasteiger partial charge >= 0.3 is 0 Å². The van der Waals surface area contributed by atoms with Crippen molar-refractivity contribution in [2.75, 3.05) is 0 Å². The van der Waals surface area contributed by atoms with Gasteiger partial charge in [0.05, 0.1) is 0 Å². The second-order valence-electron chi connectivity index (χ2n) is 6.40. The Hall–Kier alpha value is -0.780. The third-order valence-electron chi connectivity index (χ3n) is 3.89. The minimum atomic E-state index is 0.858. The molecule has 0 heterocycles. The first kappa shape index (κ1) is 15.3. The van der Waals surface area contributed by atoms with Gasteiger partial charge in [0, 0.05) is 0 Å². The molecule has 0 heteroatoms. The fraction of sp³-hybridized carbons (Fsp3) is 0.667. The first-order valence-corrected chi connectivity index (χ1v) is 7.55. The SMILES string of the molecule is Cc1ccc(C)c(CC[C@@H](C)CCCC(C)C)c1. The van der Waals surface area contributed by atoms with Gasteiger partial charge in [-0.05, 0) is 49.7 Å². The van der Waals surface area contributed by atoms with Gasteiger partial charge in [-0.3, -0.25) is 0 Å². The number of benzene rings is 1. The summed E-state index contributed by atoms with van der Waals surface area (Å²) in [6.45, 7) is 11.5. The van der Waals surface area contributed by atoms with Crippen LogP contribution in [0.3, 0.4) is 0 Å². The molecule has 0 N–H and O–H groups in total. The largest absolute Gasteiger partial charge is 0.0628 e. The van der Waals surface area contributed by atoms with Crippen LogP contribution >= 0.6 is 0 Å². The van der Waals surface area contributed by atoms with Crippen molar-refractivity contribution in [2.45, 2.75) is 66.7 Å². The Morgan fingerprint density at radius 1 is 0.944 bits per heavy atom. The van der Waals surface area contributed by atoms with Crippen LogP contribution in [-0.2, 0) is 6.42 Å². The van der Waals surface area contributed by atoms with E-state index in [1.165, 1.54) is 43.2 Å². The molecule has 0 radical (unpaired) electrons. The molecule has 0 nitrogen and oxygen atoms in total. The molecule has 102 valence electrons. The summed E-state index contributed by atoms with van der Waals surface area (Å²) in [6.07, 6.45) is 6.75. The standard InChI is InChI=1S/C18H30/c1-14(2)7-6-8-15(3)10-12-18-13-16(4)9-11-17(18)5/h9,11,13-15H,6-8,10,12H2,1-5H3/t15-/m0/s1. The molecule has 0 spiro atoms. The van der Waals surface area contributed by atoms with Crippen LogP contribution in [0, 0.1) is 25.7 Å². The Labute approximate surface area is 114 Å². The first-order chi connectivity index (χ1) is 8.49. The molecule has 0 fully saturated rings. The zero-order chi connectivity index (χ0) is 13.5. The van der Waals surface area contributed by atoms with Crippen molar-refractivity contribution in [3.63, 3.8) is 0 Å². The van der Waals surface area contributed by atoms with Crippen molar-refractivity contribution in [1.29, 1.82) is 0 Å². The predicted octanol–water partition coefficient (Wildman–Crippen LogP) is 5.70. The molecule has 0 saturated heterocycles. The van der Waals surface area contributed by atoms with Gasteiger partial charge in [0.15, 0.2) is 0 Å². The van der Waals surface area contributed by atoms with Crippen LogP contribution in [-0.4, -0.2) is 0 Å². The van der Waals surface area contributed by atoms with Crippen LogP contribution in [0.1, 0.15) is 63.1 Å². The van der Waals surface area contributed by atoms with Crippen molar-refractivity contribution < 1.29 is 0 Å². The highest BCUT2D eigenvalue weighted by molar-refractivity contribution is 5.30. The Balaban J connectivity index is 2.33. The van der Waals surface area contributed by atoms with E-state index in [0.717, 1.165) is 11.8 Å². The normalized spacial score (nSPS) is 13.0. The van der Waals surface area contributed by atoms with Crippen LogP contribution in [0.4, 0.5) is 0 Å². The Kier molecular flexibility index (Phi) is 6.46. The summed E-state index contributed by atoms with van der Waals surface area (Å²) in [6, 6.07) is 6.83. The van der Waals surface area contributed by atoms with E-state index in [2.05, 4.69) is 52.8 Å². The molecule has 1 atom stereocenters. The van der Waals surface area contributed by atoms with E-state index in [-0.39, 0.29) is 0 Å². The molecule has 1 aromatic rings. The molecule has 0 aliphatic carbocycles. The third kappa shape index (κ3) is 5.71. The maximum atomic E-state index is 2.41. The Morgan fingerprint density at radius 3 is 2.33 bits per heavy atom. The van der Waals surface area contributed by atoms with Crippen LogP contribution in [0.15, 0.2) is 18.2 Å². The summed E-state index contributed by atoms with van der Waals surface area (Å²) < 4.78 is 0. The molecule has 0 aromatic heterocycles. The van der Waals surface area contributed by atoms with Gasteiger partial charge in [0.1, 0.15) is 0 Å². The smallest absolute Gasteiger partial charge is 0.0274 e. The minimum absolute atomic E-state index is 0.858. The molecule has 0 aliphatic rings. The first-order valence-electron chi connectivity index (χ1n) is 7.55. The quantitative estimate of drug-likeness (QED) is 0.579. The van der Waals surface area contributed by atoms with Crippen LogP contribution in [0.25, 0.3) is 0 Å². The van der Waals surface area contributed by atoms with E-state index in [1.807, 2.05) is 0 Å². The van der Waals surface area contributed by atoms with E-state index in [4.69, 9.17) is 0 Å². The zero-order valence-corrected chi connectivity index (χ0v) is 12.9. The molecule has 0 bridgehead atoms. The zero-order valence-electron chi connectivity index (χ0n) is 12.9. The van der Waals surface area contributed by atoms with Gasteiger partial charge in [-0.25, -0.2) is 0 Å². The molecular formula is C18H30. The van der Waals surface area contributed by atoms with Crippen molar-refractivity contribution >= 4 is 0 Å². The van der Waals surface area contributed by atoms with Crippen molar-refractivity contribution in [1.82, 2.24) is 0 Å². The number of aryl methyl sites for hydroxylation is 3. The van der Waals surface area contributed by atoms with Crippen LogP contribution in [0.2, 0.25) is 0 Å². The van der Waals surface area contributed by atoms with Gasteiger partial charge in [-0.1, -0.05) is 63.8 Å².